The van der Waals surface area contributed by atoms with E-state index in [-0.39, 0.29) is 17.9 Å². The summed E-state index contributed by atoms with van der Waals surface area (Å²) in [6.07, 6.45) is 1.40. The van der Waals surface area contributed by atoms with Crippen LogP contribution in [0.15, 0.2) is 78.9 Å². The Bertz CT molecular complexity index is 1110. The number of carbonyl (C=O) groups is 2. The zero-order valence-corrected chi connectivity index (χ0v) is 22.5. The van der Waals surface area contributed by atoms with Crippen LogP contribution in [0.5, 0.6) is 0 Å². The molecule has 0 aliphatic rings. The van der Waals surface area contributed by atoms with Crippen molar-refractivity contribution in [1.82, 2.24) is 10.2 Å². The maximum atomic E-state index is 13.7. The molecular formula is C31H37ClN2O2. The van der Waals surface area contributed by atoms with Crippen molar-refractivity contribution in [3.05, 3.63) is 106 Å². The van der Waals surface area contributed by atoms with E-state index in [2.05, 4.69) is 43.4 Å². The minimum absolute atomic E-state index is 0.0253. The highest BCUT2D eigenvalue weighted by atomic mass is 35.5. The predicted molar refractivity (Wildman–Crippen MR) is 148 cm³/mol. The normalized spacial score (nSPS) is 12.0. The zero-order chi connectivity index (χ0) is 26.1. The molecule has 0 bridgehead atoms. The van der Waals surface area contributed by atoms with Gasteiger partial charge in [-0.2, -0.15) is 0 Å². The van der Waals surface area contributed by atoms with Gasteiger partial charge in [-0.05, 0) is 60.6 Å². The van der Waals surface area contributed by atoms with Gasteiger partial charge in [-0.15, -0.1) is 0 Å². The van der Waals surface area contributed by atoms with Gasteiger partial charge in [-0.3, -0.25) is 9.59 Å². The topological polar surface area (TPSA) is 49.4 Å². The molecule has 3 aromatic rings. The zero-order valence-electron chi connectivity index (χ0n) is 21.7. The van der Waals surface area contributed by atoms with Crippen LogP contribution in [0.25, 0.3) is 0 Å². The Hall–Kier alpha value is -3.11. The molecule has 36 heavy (non-hydrogen) atoms. The number of nitrogens with zero attached hydrogens (tertiary/aromatic N) is 1. The fourth-order valence-corrected chi connectivity index (χ4v) is 4.31. The standard InChI is InChI=1S/C31H37ClN2O2/c1-22(2)27-15-10-24(11-16-27)14-19-30(35)34(21-26-12-17-28(32)18-13-26)29(31(36)33-23(3)4)20-25-8-6-5-7-9-25/h5-13,15-18,22-23,29H,14,19-21H2,1-4H3,(H,33,36)/t29-/m0/s1. The van der Waals surface area contributed by atoms with Crippen LogP contribution >= 0.6 is 11.6 Å². The minimum Gasteiger partial charge on any atom is -0.352 e. The molecule has 190 valence electrons. The molecule has 0 fully saturated rings. The first kappa shape index (κ1) is 27.5. The summed E-state index contributed by atoms with van der Waals surface area (Å²) in [5.74, 6) is 0.281. The Morgan fingerprint density at radius 2 is 1.42 bits per heavy atom. The number of hydrogen-bond acceptors (Lipinski definition) is 2. The first-order chi connectivity index (χ1) is 17.2. The van der Waals surface area contributed by atoms with Crippen molar-refractivity contribution in [2.75, 3.05) is 0 Å². The minimum atomic E-state index is -0.624. The highest BCUT2D eigenvalue weighted by Crippen LogP contribution is 2.20. The van der Waals surface area contributed by atoms with Gasteiger partial charge < -0.3 is 10.2 Å². The van der Waals surface area contributed by atoms with Crippen molar-refractivity contribution in [2.24, 2.45) is 0 Å². The van der Waals surface area contributed by atoms with E-state index in [1.165, 1.54) is 5.56 Å². The summed E-state index contributed by atoms with van der Waals surface area (Å²) in [6, 6.07) is 25.1. The van der Waals surface area contributed by atoms with Crippen LogP contribution in [0.4, 0.5) is 0 Å². The third kappa shape index (κ3) is 8.23. The largest absolute Gasteiger partial charge is 0.352 e. The van der Waals surface area contributed by atoms with E-state index >= 15 is 0 Å². The number of hydrogen-bond donors (Lipinski definition) is 1. The molecule has 3 aromatic carbocycles. The average Bonchev–Trinajstić information content (AvgIpc) is 2.86. The molecule has 0 aliphatic carbocycles. The first-order valence-corrected chi connectivity index (χ1v) is 13.1. The van der Waals surface area contributed by atoms with Crippen molar-refractivity contribution >= 4 is 23.4 Å². The molecule has 5 heteroatoms. The molecule has 3 rings (SSSR count). The van der Waals surface area contributed by atoms with E-state index in [9.17, 15) is 9.59 Å². The molecule has 0 aromatic heterocycles. The second-order valence-corrected chi connectivity index (χ2v) is 10.3. The number of carbonyl (C=O) groups excluding carboxylic acids is 2. The molecule has 0 saturated heterocycles. The number of amides is 2. The fourth-order valence-electron chi connectivity index (χ4n) is 4.19. The number of rotatable bonds is 11. The molecule has 0 aliphatic heterocycles. The molecule has 0 saturated carbocycles. The van der Waals surface area contributed by atoms with E-state index in [4.69, 9.17) is 11.6 Å². The van der Waals surface area contributed by atoms with Crippen LogP contribution in [0.2, 0.25) is 5.02 Å². The van der Waals surface area contributed by atoms with Gasteiger partial charge in [0.15, 0.2) is 0 Å². The van der Waals surface area contributed by atoms with Gasteiger partial charge in [-0.1, -0.05) is 92.2 Å². The van der Waals surface area contributed by atoms with Crippen LogP contribution in [-0.2, 0) is 29.0 Å². The Labute approximate surface area is 220 Å². The number of nitrogens with one attached hydrogen (secondary N) is 1. The highest BCUT2D eigenvalue weighted by Gasteiger charge is 2.30. The van der Waals surface area contributed by atoms with E-state index in [0.29, 0.717) is 36.7 Å². The van der Waals surface area contributed by atoms with Crippen LogP contribution in [0, 0.1) is 0 Å². The molecule has 1 atom stereocenters. The van der Waals surface area contributed by atoms with Crippen molar-refractivity contribution in [3.8, 4) is 0 Å². The van der Waals surface area contributed by atoms with E-state index < -0.39 is 6.04 Å². The lowest BCUT2D eigenvalue weighted by Gasteiger charge is -2.32. The highest BCUT2D eigenvalue weighted by molar-refractivity contribution is 6.30. The van der Waals surface area contributed by atoms with Crippen molar-refractivity contribution in [2.45, 2.75) is 71.5 Å². The lowest BCUT2D eigenvalue weighted by molar-refractivity contribution is -0.141. The average molecular weight is 505 g/mol. The van der Waals surface area contributed by atoms with Crippen molar-refractivity contribution in [1.29, 1.82) is 0 Å². The van der Waals surface area contributed by atoms with Gasteiger partial charge in [0.05, 0.1) is 0 Å². The Kier molecular flexibility index (Phi) is 10.1. The number of benzene rings is 3. The molecule has 1 N–H and O–H groups in total. The Morgan fingerprint density at radius 1 is 0.806 bits per heavy atom. The summed E-state index contributed by atoms with van der Waals surface area (Å²) in [5, 5.41) is 3.67. The van der Waals surface area contributed by atoms with Crippen molar-refractivity contribution in [3.63, 3.8) is 0 Å². The van der Waals surface area contributed by atoms with Gasteiger partial charge in [0.1, 0.15) is 6.04 Å². The van der Waals surface area contributed by atoms with E-state index in [1.807, 2.05) is 68.4 Å². The van der Waals surface area contributed by atoms with Gasteiger partial charge in [0, 0.05) is 30.5 Å². The summed E-state index contributed by atoms with van der Waals surface area (Å²) >= 11 is 6.09. The van der Waals surface area contributed by atoms with Gasteiger partial charge in [0.25, 0.3) is 0 Å². The first-order valence-electron chi connectivity index (χ1n) is 12.7. The summed E-state index contributed by atoms with van der Waals surface area (Å²) < 4.78 is 0. The third-order valence-corrected chi connectivity index (χ3v) is 6.49. The SMILES string of the molecule is CC(C)NC(=O)[C@H](Cc1ccccc1)N(Cc1ccc(Cl)cc1)C(=O)CCc1ccc(C(C)C)cc1. The van der Waals surface area contributed by atoms with Crippen LogP contribution in [0.1, 0.15) is 62.3 Å². The van der Waals surface area contributed by atoms with Gasteiger partial charge >= 0.3 is 0 Å². The van der Waals surface area contributed by atoms with E-state index in [1.54, 1.807) is 4.90 Å². The Balaban J connectivity index is 1.87. The summed E-state index contributed by atoms with van der Waals surface area (Å²) in [5.41, 5.74) is 4.34. The fraction of sp³-hybridized carbons (Fsp3) is 0.355. The maximum absolute atomic E-state index is 13.7. The summed E-state index contributed by atoms with van der Waals surface area (Å²) in [6.45, 7) is 8.54. The predicted octanol–water partition coefficient (Wildman–Crippen LogP) is 6.56. The molecule has 4 nitrogen and oxygen atoms in total. The van der Waals surface area contributed by atoms with Gasteiger partial charge in [0.2, 0.25) is 11.8 Å². The van der Waals surface area contributed by atoms with Gasteiger partial charge in [-0.25, -0.2) is 0 Å². The molecule has 0 radical (unpaired) electrons. The van der Waals surface area contributed by atoms with Crippen LogP contribution < -0.4 is 5.32 Å². The Morgan fingerprint density at radius 3 is 2.00 bits per heavy atom. The molecule has 0 heterocycles. The monoisotopic (exact) mass is 504 g/mol. The third-order valence-electron chi connectivity index (χ3n) is 6.24. The second-order valence-electron chi connectivity index (χ2n) is 9.91. The smallest absolute Gasteiger partial charge is 0.243 e. The molecule has 0 spiro atoms. The quantitative estimate of drug-likeness (QED) is 0.321. The number of aryl methyl sites for hydroxylation is 1. The van der Waals surface area contributed by atoms with E-state index in [0.717, 1.165) is 16.7 Å². The lowest BCUT2D eigenvalue weighted by atomic mass is 9.99. The lowest BCUT2D eigenvalue weighted by Crippen LogP contribution is -2.51. The summed E-state index contributed by atoms with van der Waals surface area (Å²) in [4.78, 5) is 28.8. The van der Waals surface area contributed by atoms with Crippen molar-refractivity contribution < 1.29 is 9.59 Å². The molecule has 2 amide bonds. The van der Waals surface area contributed by atoms with Crippen LogP contribution in [-0.4, -0.2) is 28.8 Å². The molecular weight excluding hydrogens is 468 g/mol. The second kappa shape index (κ2) is 13.3. The maximum Gasteiger partial charge on any atom is 0.243 e. The molecule has 0 unspecified atom stereocenters. The van der Waals surface area contributed by atoms with Crippen LogP contribution in [0.3, 0.4) is 0 Å². The summed E-state index contributed by atoms with van der Waals surface area (Å²) in [7, 11) is 0. The number of halogens is 1.